The van der Waals surface area contributed by atoms with Crippen LogP contribution >= 0.6 is 11.8 Å². The Hall–Kier alpha value is -2.73. The molecule has 0 aliphatic rings. The second-order valence-corrected chi connectivity index (χ2v) is 6.17. The fraction of sp³-hybridized carbons (Fsp3) is 0.105. The molecule has 0 fully saturated rings. The number of carbonyl (C=O) groups excluding carboxylic acids is 1. The number of hydrogen-bond donors (Lipinski definition) is 1. The van der Waals surface area contributed by atoms with Gasteiger partial charge in [0.2, 0.25) is 0 Å². The summed E-state index contributed by atoms with van der Waals surface area (Å²) >= 11 is 1.41. The molecule has 0 aliphatic heterocycles. The minimum Gasteiger partial charge on any atom is -0.322 e. The van der Waals surface area contributed by atoms with Gasteiger partial charge in [0.05, 0.1) is 11.3 Å². The lowest BCUT2D eigenvalue weighted by Gasteiger charge is -2.12. The number of hydrogen-bond acceptors (Lipinski definition) is 4. The van der Waals surface area contributed by atoms with Crippen molar-refractivity contribution in [2.75, 3.05) is 11.6 Å². The summed E-state index contributed by atoms with van der Waals surface area (Å²) in [6.07, 6.45) is 3.40. The lowest BCUT2D eigenvalue weighted by molar-refractivity contribution is 0.102. The summed E-state index contributed by atoms with van der Waals surface area (Å²) in [5.74, 6) is -0.672. The third-order valence-corrected chi connectivity index (χ3v) is 4.24. The number of carbonyl (C=O) groups is 1. The number of benzene rings is 2. The molecule has 4 nitrogen and oxygen atoms in total. The lowest BCUT2D eigenvalue weighted by Crippen LogP contribution is -2.15. The molecule has 126 valence electrons. The van der Waals surface area contributed by atoms with E-state index in [0.717, 1.165) is 5.56 Å². The van der Waals surface area contributed by atoms with E-state index >= 15 is 0 Å². The van der Waals surface area contributed by atoms with E-state index in [1.54, 1.807) is 13.0 Å². The molecule has 3 rings (SSSR count). The van der Waals surface area contributed by atoms with Gasteiger partial charge in [-0.1, -0.05) is 42.1 Å². The minimum absolute atomic E-state index is 0.332. The molecule has 1 N–H and O–H groups in total. The van der Waals surface area contributed by atoms with Crippen molar-refractivity contribution in [2.24, 2.45) is 0 Å². The first-order valence-corrected chi connectivity index (χ1v) is 8.85. The van der Waals surface area contributed by atoms with Gasteiger partial charge in [-0.2, -0.15) is 0 Å². The van der Waals surface area contributed by atoms with Gasteiger partial charge in [-0.05, 0) is 36.9 Å². The Morgan fingerprint density at radius 3 is 2.60 bits per heavy atom. The summed E-state index contributed by atoms with van der Waals surface area (Å²) < 4.78 is 13.2. The van der Waals surface area contributed by atoms with E-state index in [2.05, 4.69) is 15.3 Å². The zero-order valence-corrected chi connectivity index (χ0v) is 14.6. The van der Waals surface area contributed by atoms with Crippen molar-refractivity contribution in [3.63, 3.8) is 0 Å². The molecule has 0 radical (unpaired) electrons. The average Bonchev–Trinajstić information content (AvgIpc) is 2.64. The molecule has 25 heavy (non-hydrogen) atoms. The van der Waals surface area contributed by atoms with Crippen molar-refractivity contribution in [1.29, 1.82) is 0 Å². The first kappa shape index (κ1) is 17.1. The number of aromatic nitrogens is 2. The summed E-state index contributed by atoms with van der Waals surface area (Å²) in [7, 11) is 0. The van der Waals surface area contributed by atoms with Crippen molar-refractivity contribution in [1.82, 2.24) is 9.97 Å². The number of nitrogens with one attached hydrogen (secondary N) is 1. The van der Waals surface area contributed by atoms with Crippen LogP contribution in [0.4, 0.5) is 10.1 Å². The zero-order valence-electron chi connectivity index (χ0n) is 13.8. The van der Waals surface area contributed by atoms with E-state index in [1.165, 1.54) is 30.1 Å². The van der Waals surface area contributed by atoms with Crippen molar-refractivity contribution in [3.05, 3.63) is 71.7 Å². The Morgan fingerprint density at radius 1 is 1.16 bits per heavy atom. The van der Waals surface area contributed by atoms with E-state index in [0.29, 0.717) is 27.7 Å². The van der Waals surface area contributed by atoms with Crippen LogP contribution in [0.15, 0.2) is 59.9 Å². The van der Waals surface area contributed by atoms with Crippen LogP contribution in [0, 0.1) is 12.7 Å². The topological polar surface area (TPSA) is 54.9 Å². The van der Waals surface area contributed by atoms with Crippen LogP contribution in [0.2, 0.25) is 0 Å². The van der Waals surface area contributed by atoms with Gasteiger partial charge in [0.15, 0.2) is 5.16 Å². The highest BCUT2D eigenvalue weighted by molar-refractivity contribution is 7.98. The van der Waals surface area contributed by atoms with Gasteiger partial charge in [-0.15, -0.1) is 0 Å². The Bertz CT molecular complexity index is 916. The van der Waals surface area contributed by atoms with E-state index in [9.17, 15) is 9.18 Å². The molecular weight excluding hydrogens is 337 g/mol. The summed E-state index contributed by atoms with van der Waals surface area (Å²) in [6.45, 7) is 1.74. The van der Waals surface area contributed by atoms with Gasteiger partial charge in [0.1, 0.15) is 5.82 Å². The first-order valence-electron chi connectivity index (χ1n) is 7.62. The maximum atomic E-state index is 13.2. The van der Waals surface area contributed by atoms with Crippen molar-refractivity contribution in [2.45, 2.75) is 12.1 Å². The Labute approximate surface area is 149 Å². The summed E-state index contributed by atoms with van der Waals surface area (Å²) in [4.78, 5) is 21.5. The Kier molecular flexibility index (Phi) is 5.09. The number of rotatable bonds is 4. The number of halogens is 1. The number of amides is 1. The summed E-state index contributed by atoms with van der Waals surface area (Å²) in [6, 6.07) is 13.7. The molecule has 0 aliphatic carbocycles. The van der Waals surface area contributed by atoms with Crippen LogP contribution in [0.3, 0.4) is 0 Å². The van der Waals surface area contributed by atoms with Gasteiger partial charge < -0.3 is 5.32 Å². The van der Waals surface area contributed by atoms with Crippen LogP contribution in [-0.4, -0.2) is 22.1 Å². The van der Waals surface area contributed by atoms with Crippen molar-refractivity contribution in [3.8, 4) is 11.3 Å². The molecule has 1 aromatic heterocycles. The third kappa shape index (κ3) is 3.85. The molecular formula is C19H16FN3OS. The van der Waals surface area contributed by atoms with E-state index in [4.69, 9.17) is 0 Å². The molecule has 0 atom stereocenters. The molecule has 0 saturated heterocycles. The number of thioether (sulfide) groups is 1. The molecule has 3 aromatic rings. The van der Waals surface area contributed by atoms with E-state index in [-0.39, 0.29) is 11.7 Å². The van der Waals surface area contributed by atoms with Gasteiger partial charge >= 0.3 is 0 Å². The molecule has 2 aromatic carbocycles. The number of aryl methyl sites for hydroxylation is 1. The molecule has 0 bridgehead atoms. The SMILES string of the molecule is CSc1ncc(C(=O)Nc2ccc(F)cc2C)c(-c2ccccc2)n1. The average molecular weight is 353 g/mol. The van der Waals surface area contributed by atoms with Gasteiger partial charge in [0, 0.05) is 17.4 Å². The summed E-state index contributed by atoms with van der Waals surface area (Å²) in [5, 5.41) is 3.40. The molecule has 1 heterocycles. The quantitative estimate of drug-likeness (QED) is 0.552. The lowest BCUT2D eigenvalue weighted by atomic mass is 10.1. The third-order valence-electron chi connectivity index (χ3n) is 3.68. The molecule has 0 spiro atoms. The van der Waals surface area contributed by atoms with Crippen LogP contribution < -0.4 is 5.32 Å². The second-order valence-electron chi connectivity index (χ2n) is 5.40. The normalized spacial score (nSPS) is 10.5. The van der Waals surface area contributed by atoms with Crippen LogP contribution in [0.5, 0.6) is 0 Å². The van der Waals surface area contributed by atoms with Gasteiger partial charge in [-0.3, -0.25) is 4.79 Å². The molecule has 0 unspecified atom stereocenters. The van der Waals surface area contributed by atoms with Gasteiger partial charge in [-0.25, -0.2) is 14.4 Å². The predicted molar refractivity (Wildman–Crippen MR) is 98.3 cm³/mol. The zero-order chi connectivity index (χ0) is 17.8. The molecule has 0 saturated carbocycles. The van der Waals surface area contributed by atoms with E-state index in [1.807, 2.05) is 36.6 Å². The van der Waals surface area contributed by atoms with Crippen molar-refractivity contribution >= 4 is 23.4 Å². The van der Waals surface area contributed by atoms with Crippen LogP contribution in [0.1, 0.15) is 15.9 Å². The van der Waals surface area contributed by atoms with E-state index < -0.39 is 0 Å². The highest BCUT2D eigenvalue weighted by Crippen LogP contribution is 2.25. The predicted octanol–water partition coefficient (Wildman–Crippen LogP) is 4.57. The summed E-state index contributed by atoms with van der Waals surface area (Å²) in [5.41, 5.74) is 2.97. The Balaban J connectivity index is 1.99. The monoisotopic (exact) mass is 353 g/mol. The molecule has 1 amide bonds. The van der Waals surface area contributed by atoms with Crippen LogP contribution in [-0.2, 0) is 0 Å². The second kappa shape index (κ2) is 7.44. The number of anilines is 1. The maximum absolute atomic E-state index is 13.2. The maximum Gasteiger partial charge on any atom is 0.259 e. The number of nitrogens with zero attached hydrogens (tertiary/aromatic N) is 2. The Morgan fingerprint density at radius 2 is 1.92 bits per heavy atom. The highest BCUT2D eigenvalue weighted by atomic mass is 32.2. The smallest absolute Gasteiger partial charge is 0.259 e. The largest absolute Gasteiger partial charge is 0.322 e. The molecule has 6 heteroatoms. The van der Waals surface area contributed by atoms with Crippen LogP contribution in [0.25, 0.3) is 11.3 Å². The van der Waals surface area contributed by atoms with Gasteiger partial charge in [0.25, 0.3) is 5.91 Å². The fourth-order valence-corrected chi connectivity index (χ4v) is 2.74. The standard InChI is InChI=1S/C19H16FN3OS/c1-12-10-14(20)8-9-16(12)22-18(24)15-11-21-19(25-2)23-17(15)13-6-4-3-5-7-13/h3-11H,1-2H3,(H,22,24). The minimum atomic E-state index is -0.340. The first-order chi connectivity index (χ1) is 12.1. The fourth-order valence-electron chi connectivity index (χ4n) is 2.40. The van der Waals surface area contributed by atoms with Crippen molar-refractivity contribution < 1.29 is 9.18 Å². The highest BCUT2D eigenvalue weighted by Gasteiger charge is 2.17.